The van der Waals surface area contributed by atoms with E-state index in [0.29, 0.717) is 5.69 Å². The molecule has 0 fully saturated rings. The maximum absolute atomic E-state index is 11.1. The number of nitrogens with one attached hydrogen (secondary N) is 2. The van der Waals surface area contributed by atoms with Gasteiger partial charge in [-0.2, -0.15) is 11.3 Å². The van der Waals surface area contributed by atoms with Crippen LogP contribution in [0.2, 0.25) is 0 Å². The Morgan fingerprint density at radius 3 is 2.86 bits per heavy atom. The first-order chi connectivity index (χ1) is 6.72. The monoisotopic (exact) mass is 232 g/mol. The molecule has 0 aliphatic carbocycles. The van der Waals surface area contributed by atoms with Crippen LogP contribution in [0.25, 0.3) is 0 Å². The summed E-state index contributed by atoms with van der Waals surface area (Å²) in [5, 5.41) is 8.26. The average Bonchev–Trinajstić information content (AvgIpc) is 2.56. The molecule has 1 aromatic rings. The molecule has 0 aliphatic heterocycles. The van der Waals surface area contributed by atoms with Crippen molar-refractivity contribution in [3.8, 4) is 0 Å². The summed E-state index contributed by atoms with van der Waals surface area (Å²) in [5.74, 6) is -0.176. The summed E-state index contributed by atoms with van der Waals surface area (Å²) in [7, 11) is 0. The molecular weight excluding hydrogens is 224 g/mol. The van der Waals surface area contributed by atoms with E-state index in [2.05, 4.69) is 10.6 Å². The van der Waals surface area contributed by atoms with Crippen LogP contribution < -0.4 is 10.6 Å². The van der Waals surface area contributed by atoms with Gasteiger partial charge in [-0.3, -0.25) is 10.1 Å². The van der Waals surface area contributed by atoms with Gasteiger partial charge >= 0.3 is 6.03 Å². The molecule has 1 aromatic heterocycles. The van der Waals surface area contributed by atoms with Crippen LogP contribution in [0.1, 0.15) is 6.42 Å². The highest BCUT2D eigenvalue weighted by Gasteiger charge is 2.06. The van der Waals surface area contributed by atoms with E-state index in [1.54, 1.807) is 11.4 Å². The lowest BCUT2D eigenvalue weighted by Gasteiger charge is -2.03. The smallest absolute Gasteiger partial charge is 0.307 e. The first kappa shape index (κ1) is 11.0. The molecule has 14 heavy (non-hydrogen) atoms. The van der Waals surface area contributed by atoms with Gasteiger partial charge in [0, 0.05) is 17.7 Å². The third-order valence-electron chi connectivity index (χ3n) is 1.35. The minimum absolute atomic E-state index is 0.138. The predicted octanol–water partition coefficient (Wildman–Crippen LogP) is 2.03. The molecule has 0 atom stereocenters. The summed E-state index contributed by atoms with van der Waals surface area (Å²) in [6, 6.07) is 1.22. The highest BCUT2D eigenvalue weighted by Crippen LogP contribution is 2.11. The van der Waals surface area contributed by atoms with Gasteiger partial charge in [-0.1, -0.05) is 0 Å². The average molecular weight is 233 g/mol. The van der Waals surface area contributed by atoms with Crippen molar-refractivity contribution in [2.45, 2.75) is 6.42 Å². The number of thiophene rings is 1. The van der Waals surface area contributed by atoms with Gasteiger partial charge in [-0.15, -0.1) is 11.6 Å². The van der Waals surface area contributed by atoms with Crippen LogP contribution in [0, 0.1) is 0 Å². The standard InChI is InChI=1S/C8H9ClN2O2S/c9-3-1-7(12)11-8(13)10-6-2-4-14-5-6/h2,4-5H,1,3H2,(H2,10,11,12,13). The molecule has 1 heterocycles. The van der Waals surface area contributed by atoms with Gasteiger partial charge in [0.25, 0.3) is 0 Å². The molecule has 0 bridgehead atoms. The quantitative estimate of drug-likeness (QED) is 0.784. The Morgan fingerprint density at radius 2 is 2.29 bits per heavy atom. The topological polar surface area (TPSA) is 58.2 Å². The van der Waals surface area contributed by atoms with Crippen LogP contribution in [0.5, 0.6) is 0 Å². The Bertz CT molecular complexity index is 313. The van der Waals surface area contributed by atoms with Crippen molar-refractivity contribution in [2.75, 3.05) is 11.2 Å². The first-order valence-corrected chi connectivity index (χ1v) is 5.39. The number of halogens is 1. The zero-order valence-corrected chi connectivity index (χ0v) is 8.82. The molecule has 4 nitrogen and oxygen atoms in total. The normalized spacial score (nSPS) is 9.50. The largest absolute Gasteiger partial charge is 0.325 e. The Labute approximate surface area is 90.3 Å². The van der Waals surface area contributed by atoms with Crippen molar-refractivity contribution >= 4 is 40.6 Å². The Kier molecular flexibility index (Phi) is 4.42. The van der Waals surface area contributed by atoms with Crippen LogP contribution in [-0.4, -0.2) is 17.8 Å². The SMILES string of the molecule is O=C(CCCl)NC(=O)Nc1ccsc1. The van der Waals surface area contributed by atoms with E-state index in [4.69, 9.17) is 11.6 Å². The van der Waals surface area contributed by atoms with E-state index in [9.17, 15) is 9.59 Å². The molecule has 6 heteroatoms. The van der Waals surface area contributed by atoms with Gasteiger partial charge < -0.3 is 5.32 Å². The molecule has 0 spiro atoms. The lowest BCUT2D eigenvalue weighted by Crippen LogP contribution is -2.34. The minimum atomic E-state index is -0.529. The number of amides is 3. The molecule has 0 aliphatic rings. The number of hydrogen-bond acceptors (Lipinski definition) is 3. The van der Waals surface area contributed by atoms with E-state index >= 15 is 0 Å². The van der Waals surface area contributed by atoms with Crippen LogP contribution in [0.3, 0.4) is 0 Å². The van der Waals surface area contributed by atoms with Gasteiger partial charge in [0.05, 0.1) is 5.69 Å². The van der Waals surface area contributed by atoms with E-state index in [1.807, 2.05) is 5.38 Å². The lowest BCUT2D eigenvalue weighted by atomic mass is 10.4. The van der Waals surface area contributed by atoms with Crippen LogP contribution in [0.15, 0.2) is 16.8 Å². The highest BCUT2D eigenvalue weighted by atomic mass is 35.5. The second kappa shape index (κ2) is 5.62. The number of hydrogen-bond donors (Lipinski definition) is 2. The zero-order valence-electron chi connectivity index (χ0n) is 7.25. The molecule has 1 rings (SSSR count). The summed E-state index contributed by atoms with van der Waals surface area (Å²) in [4.78, 5) is 22.0. The number of imide groups is 1. The van der Waals surface area contributed by atoms with E-state index in [1.165, 1.54) is 11.3 Å². The van der Waals surface area contributed by atoms with Crippen molar-refractivity contribution in [1.82, 2.24) is 5.32 Å². The molecule has 0 unspecified atom stereocenters. The van der Waals surface area contributed by atoms with Gasteiger partial charge in [-0.25, -0.2) is 4.79 Å². The first-order valence-electron chi connectivity index (χ1n) is 3.91. The van der Waals surface area contributed by atoms with Gasteiger partial charge in [0.2, 0.25) is 5.91 Å². The maximum atomic E-state index is 11.1. The molecule has 0 saturated carbocycles. The van der Waals surface area contributed by atoms with Crippen molar-refractivity contribution in [3.05, 3.63) is 16.8 Å². The number of rotatable bonds is 3. The van der Waals surface area contributed by atoms with Crippen molar-refractivity contribution in [2.24, 2.45) is 0 Å². The molecule has 3 amide bonds. The van der Waals surface area contributed by atoms with Gasteiger partial charge in [-0.05, 0) is 11.4 Å². The number of urea groups is 1. The minimum Gasteiger partial charge on any atom is -0.307 e. The number of carbonyl (C=O) groups excluding carboxylic acids is 2. The Balaban J connectivity index is 2.33. The highest BCUT2D eigenvalue weighted by molar-refractivity contribution is 7.08. The summed E-state index contributed by atoms with van der Waals surface area (Å²) in [5.41, 5.74) is 0.672. The fourth-order valence-electron chi connectivity index (χ4n) is 0.773. The van der Waals surface area contributed by atoms with E-state index < -0.39 is 6.03 Å². The second-order valence-electron chi connectivity index (χ2n) is 2.45. The molecule has 76 valence electrons. The van der Waals surface area contributed by atoms with Gasteiger partial charge in [0.15, 0.2) is 0 Å². The zero-order chi connectivity index (χ0) is 10.4. The number of carbonyl (C=O) groups is 2. The van der Waals surface area contributed by atoms with Crippen LogP contribution in [-0.2, 0) is 4.79 Å². The summed E-state index contributed by atoms with van der Waals surface area (Å²) in [6.45, 7) is 0. The molecular formula is C8H9ClN2O2S. The second-order valence-corrected chi connectivity index (χ2v) is 3.61. The summed E-state index contributed by atoms with van der Waals surface area (Å²) < 4.78 is 0. The summed E-state index contributed by atoms with van der Waals surface area (Å²) in [6.07, 6.45) is 0.138. The fourth-order valence-corrected chi connectivity index (χ4v) is 1.53. The lowest BCUT2D eigenvalue weighted by molar-refractivity contribution is -0.119. The molecule has 0 aromatic carbocycles. The third kappa shape index (κ3) is 3.76. The Hall–Kier alpha value is -1.07. The predicted molar refractivity (Wildman–Crippen MR) is 56.8 cm³/mol. The van der Waals surface area contributed by atoms with E-state index in [-0.39, 0.29) is 18.2 Å². The van der Waals surface area contributed by atoms with Crippen molar-refractivity contribution in [1.29, 1.82) is 0 Å². The molecule has 2 N–H and O–H groups in total. The maximum Gasteiger partial charge on any atom is 0.325 e. The fraction of sp³-hybridized carbons (Fsp3) is 0.250. The third-order valence-corrected chi connectivity index (χ3v) is 2.23. The molecule has 0 radical (unpaired) electrons. The number of alkyl halides is 1. The molecule has 0 saturated heterocycles. The van der Waals surface area contributed by atoms with Crippen molar-refractivity contribution in [3.63, 3.8) is 0 Å². The number of anilines is 1. The Morgan fingerprint density at radius 1 is 1.50 bits per heavy atom. The van der Waals surface area contributed by atoms with E-state index in [0.717, 1.165) is 0 Å². The van der Waals surface area contributed by atoms with Gasteiger partial charge in [0.1, 0.15) is 0 Å². The van der Waals surface area contributed by atoms with Crippen LogP contribution in [0.4, 0.5) is 10.5 Å². The van der Waals surface area contributed by atoms with Crippen molar-refractivity contribution < 1.29 is 9.59 Å². The summed E-state index contributed by atoms with van der Waals surface area (Å²) >= 11 is 6.79. The van der Waals surface area contributed by atoms with Crippen LogP contribution >= 0.6 is 22.9 Å².